The lowest BCUT2D eigenvalue weighted by Crippen LogP contribution is -2.41. The van der Waals surface area contributed by atoms with Crippen molar-refractivity contribution in [3.63, 3.8) is 0 Å². The minimum absolute atomic E-state index is 0.434. The Labute approximate surface area is 104 Å². The summed E-state index contributed by atoms with van der Waals surface area (Å²) in [6, 6.07) is 8.72. The molecule has 1 saturated heterocycles. The maximum absolute atomic E-state index is 10.0. The normalized spacial score (nSPS) is 18.5. The molecule has 1 N–H and O–H groups in total. The Hall–Kier alpha value is -1.02. The Morgan fingerprint density at radius 3 is 2.12 bits per heavy atom. The lowest BCUT2D eigenvalue weighted by atomic mass is 9.83. The third kappa shape index (κ3) is 3.01. The third-order valence-corrected chi connectivity index (χ3v) is 3.89. The number of aryl methyl sites for hydroxylation is 1. The van der Waals surface area contributed by atoms with Crippen LogP contribution in [0.15, 0.2) is 24.3 Å². The van der Waals surface area contributed by atoms with Crippen LogP contribution in [0.1, 0.15) is 32.3 Å². The van der Waals surface area contributed by atoms with Crippen molar-refractivity contribution in [2.75, 3.05) is 18.0 Å². The van der Waals surface area contributed by atoms with Crippen LogP contribution in [0.2, 0.25) is 0 Å². The van der Waals surface area contributed by atoms with Crippen LogP contribution in [0.3, 0.4) is 0 Å². The second-order valence-electron chi connectivity index (χ2n) is 5.75. The first-order valence-corrected chi connectivity index (χ1v) is 6.51. The molecule has 1 aromatic carbocycles. The molecule has 1 aliphatic heterocycles. The molecule has 0 amide bonds. The van der Waals surface area contributed by atoms with Crippen LogP contribution in [0.25, 0.3) is 0 Å². The van der Waals surface area contributed by atoms with E-state index in [0.717, 1.165) is 25.9 Å². The van der Waals surface area contributed by atoms with Gasteiger partial charge in [-0.05, 0) is 51.7 Å². The Balaban J connectivity index is 1.97. The molecule has 2 nitrogen and oxygen atoms in total. The van der Waals surface area contributed by atoms with Gasteiger partial charge < -0.3 is 10.0 Å². The summed E-state index contributed by atoms with van der Waals surface area (Å²) in [5.41, 5.74) is 2.09. The SMILES string of the molecule is Cc1ccc(N2CCC(C(C)(C)O)CC2)cc1. The standard InChI is InChI=1S/C15H23NO/c1-12-4-6-14(7-5-12)16-10-8-13(9-11-16)15(2,3)17/h4-7,13,17H,8-11H2,1-3H3. The van der Waals surface area contributed by atoms with Gasteiger partial charge in [0.25, 0.3) is 0 Å². The van der Waals surface area contributed by atoms with Crippen LogP contribution in [-0.4, -0.2) is 23.8 Å². The summed E-state index contributed by atoms with van der Waals surface area (Å²) >= 11 is 0. The summed E-state index contributed by atoms with van der Waals surface area (Å²) in [5, 5.41) is 10.0. The topological polar surface area (TPSA) is 23.5 Å². The Bertz CT molecular complexity index is 356. The number of hydrogen-bond donors (Lipinski definition) is 1. The van der Waals surface area contributed by atoms with Gasteiger partial charge in [-0.15, -0.1) is 0 Å². The zero-order valence-corrected chi connectivity index (χ0v) is 11.1. The summed E-state index contributed by atoms with van der Waals surface area (Å²) in [6.45, 7) is 8.08. The summed E-state index contributed by atoms with van der Waals surface area (Å²) in [6.07, 6.45) is 2.16. The molecule has 0 atom stereocenters. The number of anilines is 1. The molecule has 0 saturated carbocycles. The van der Waals surface area contributed by atoms with Crippen molar-refractivity contribution in [1.29, 1.82) is 0 Å². The van der Waals surface area contributed by atoms with Crippen LogP contribution >= 0.6 is 0 Å². The summed E-state index contributed by atoms with van der Waals surface area (Å²) < 4.78 is 0. The van der Waals surface area contributed by atoms with Crippen molar-refractivity contribution in [3.8, 4) is 0 Å². The highest BCUT2D eigenvalue weighted by Crippen LogP contribution is 2.30. The van der Waals surface area contributed by atoms with Gasteiger partial charge in [0.05, 0.1) is 5.60 Å². The van der Waals surface area contributed by atoms with E-state index < -0.39 is 5.60 Å². The Kier molecular flexibility index (Phi) is 3.43. The molecule has 0 spiro atoms. The maximum atomic E-state index is 10.0. The summed E-state index contributed by atoms with van der Waals surface area (Å²) in [7, 11) is 0. The van der Waals surface area contributed by atoms with Crippen LogP contribution in [0.5, 0.6) is 0 Å². The van der Waals surface area contributed by atoms with Crippen LogP contribution in [0.4, 0.5) is 5.69 Å². The monoisotopic (exact) mass is 233 g/mol. The molecule has 0 radical (unpaired) electrons. The predicted molar refractivity (Wildman–Crippen MR) is 72.4 cm³/mol. The smallest absolute Gasteiger partial charge is 0.0621 e. The van der Waals surface area contributed by atoms with E-state index >= 15 is 0 Å². The molecule has 94 valence electrons. The lowest BCUT2D eigenvalue weighted by molar-refractivity contribution is 0.00652. The lowest BCUT2D eigenvalue weighted by Gasteiger charge is -2.38. The van der Waals surface area contributed by atoms with E-state index in [4.69, 9.17) is 0 Å². The van der Waals surface area contributed by atoms with Crippen LogP contribution in [0, 0.1) is 12.8 Å². The van der Waals surface area contributed by atoms with Crippen molar-refractivity contribution >= 4 is 5.69 Å². The van der Waals surface area contributed by atoms with Gasteiger partial charge in [0.15, 0.2) is 0 Å². The van der Waals surface area contributed by atoms with E-state index in [1.165, 1.54) is 11.3 Å². The van der Waals surface area contributed by atoms with E-state index in [2.05, 4.69) is 36.1 Å². The first-order valence-electron chi connectivity index (χ1n) is 6.51. The Morgan fingerprint density at radius 1 is 1.12 bits per heavy atom. The summed E-state index contributed by atoms with van der Waals surface area (Å²) in [4.78, 5) is 2.42. The number of benzene rings is 1. The van der Waals surface area contributed by atoms with Crippen molar-refractivity contribution in [1.82, 2.24) is 0 Å². The van der Waals surface area contributed by atoms with Gasteiger partial charge in [-0.3, -0.25) is 0 Å². The molecular formula is C15H23NO. The van der Waals surface area contributed by atoms with Crippen molar-refractivity contribution in [2.24, 2.45) is 5.92 Å². The largest absolute Gasteiger partial charge is 0.390 e. The molecular weight excluding hydrogens is 210 g/mol. The van der Waals surface area contributed by atoms with Gasteiger partial charge in [0, 0.05) is 18.8 Å². The quantitative estimate of drug-likeness (QED) is 0.849. The average Bonchev–Trinajstić information content (AvgIpc) is 2.29. The first-order chi connectivity index (χ1) is 7.97. The molecule has 1 aliphatic rings. The Morgan fingerprint density at radius 2 is 1.65 bits per heavy atom. The third-order valence-electron chi connectivity index (χ3n) is 3.89. The van der Waals surface area contributed by atoms with Gasteiger partial charge in [0.2, 0.25) is 0 Å². The van der Waals surface area contributed by atoms with E-state index in [-0.39, 0.29) is 0 Å². The van der Waals surface area contributed by atoms with Gasteiger partial charge in [-0.25, -0.2) is 0 Å². The predicted octanol–water partition coefficient (Wildman–Crippen LogP) is 2.98. The number of rotatable bonds is 2. The van der Waals surface area contributed by atoms with Gasteiger partial charge >= 0.3 is 0 Å². The number of aliphatic hydroxyl groups is 1. The molecule has 0 bridgehead atoms. The van der Waals surface area contributed by atoms with Gasteiger partial charge in [0.1, 0.15) is 0 Å². The van der Waals surface area contributed by atoms with E-state index in [1.807, 2.05) is 13.8 Å². The maximum Gasteiger partial charge on any atom is 0.0621 e. The molecule has 0 aliphatic carbocycles. The number of hydrogen-bond acceptors (Lipinski definition) is 2. The minimum atomic E-state index is -0.528. The molecule has 1 aromatic rings. The van der Waals surface area contributed by atoms with E-state index in [1.54, 1.807) is 0 Å². The fourth-order valence-corrected chi connectivity index (χ4v) is 2.60. The minimum Gasteiger partial charge on any atom is -0.390 e. The van der Waals surface area contributed by atoms with Crippen molar-refractivity contribution in [2.45, 2.75) is 39.2 Å². The van der Waals surface area contributed by atoms with Crippen LogP contribution in [-0.2, 0) is 0 Å². The average molecular weight is 233 g/mol. The van der Waals surface area contributed by atoms with Crippen LogP contribution < -0.4 is 4.90 Å². The zero-order chi connectivity index (χ0) is 12.5. The van der Waals surface area contributed by atoms with E-state index in [0.29, 0.717) is 5.92 Å². The molecule has 17 heavy (non-hydrogen) atoms. The summed E-state index contributed by atoms with van der Waals surface area (Å²) in [5.74, 6) is 0.434. The number of piperidine rings is 1. The molecule has 2 heteroatoms. The molecule has 0 aromatic heterocycles. The molecule has 0 unspecified atom stereocenters. The second kappa shape index (κ2) is 4.69. The highest BCUT2D eigenvalue weighted by molar-refractivity contribution is 5.47. The van der Waals surface area contributed by atoms with Crippen molar-refractivity contribution < 1.29 is 5.11 Å². The second-order valence-corrected chi connectivity index (χ2v) is 5.75. The highest BCUT2D eigenvalue weighted by atomic mass is 16.3. The van der Waals surface area contributed by atoms with Gasteiger partial charge in [-0.2, -0.15) is 0 Å². The first kappa shape index (κ1) is 12.4. The molecule has 1 fully saturated rings. The van der Waals surface area contributed by atoms with Gasteiger partial charge in [-0.1, -0.05) is 17.7 Å². The zero-order valence-electron chi connectivity index (χ0n) is 11.1. The fourth-order valence-electron chi connectivity index (χ4n) is 2.60. The molecule has 2 rings (SSSR count). The highest BCUT2D eigenvalue weighted by Gasteiger charge is 2.30. The van der Waals surface area contributed by atoms with E-state index in [9.17, 15) is 5.11 Å². The van der Waals surface area contributed by atoms with Crippen molar-refractivity contribution in [3.05, 3.63) is 29.8 Å². The fraction of sp³-hybridized carbons (Fsp3) is 0.600. The number of nitrogens with zero attached hydrogens (tertiary/aromatic N) is 1. The molecule has 1 heterocycles.